The summed E-state index contributed by atoms with van der Waals surface area (Å²) in [6.45, 7) is 0.165. The number of nitrogens with two attached hydrogens (primary N) is 1. The molecular weight excluding hydrogens is 323 g/mol. The molecule has 6 nitrogen and oxygen atoms in total. The van der Waals surface area contributed by atoms with E-state index in [2.05, 4.69) is 4.74 Å². The van der Waals surface area contributed by atoms with Crippen molar-refractivity contribution in [3.05, 3.63) is 23.0 Å². The first-order valence-electron chi connectivity index (χ1n) is 6.10. The van der Waals surface area contributed by atoms with E-state index in [1.165, 1.54) is 7.11 Å². The molecule has 1 aliphatic heterocycles. The van der Waals surface area contributed by atoms with E-state index in [4.69, 9.17) is 17.3 Å². The minimum Gasteiger partial charge on any atom is -0.469 e. The van der Waals surface area contributed by atoms with Crippen molar-refractivity contribution in [3.8, 4) is 0 Å². The van der Waals surface area contributed by atoms with Crippen LogP contribution in [-0.2, 0) is 19.6 Å². The van der Waals surface area contributed by atoms with E-state index in [9.17, 15) is 17.6 Å². The predicted octanol–water partition coefficient (Wildman–Crippen LogP) is 1.24. The number of benzene rings is 1. The van der Waals surface area contributed by atoms with Gasteiger partial charge >= 0.3 is 5.97 Å². The van der Waals surface area contributed by atoms with Gasteiger partial charge in [-0.25, -0.2) is 12.8 Å². The van der Waals surface area contributed by atoms with Crippen molar-refractivity contribution in [1.29, 1.82) is 0 Å². The van der Waals surface area contributed by atoms with E-state index in [0.717, 1.165) is 16.4 Å². The number of anilines is 1. The summed E-state index contributed by atoms with van der Waals surface area (Å²) in [6.07, 6.45) is 0.361. The van der Waals surface area contributed by atoms with Gasteiger partial charge in [0.1, 0.15) is 10.7 Å². The van der Waals surface area contributed by atoms with Crippen molar-refractivity contribution >= 4 is 33.3 Å². The van der Waals surface area contributed by atoms with Crippen LogP contribution < -0.4 is 5.73 Å². The van der Waals surface area contributed by atoms with Gasteiger partial charge in [0.05, 0.1) is 23.7 Å². The average Bonchev–Trinajstić information content (AvgIpc) is 2.92. The highest BCUT2D eigenvalue weighted by molar-refractivity contribution is 7.89. The van der Waals surface area contributed by atoms with Gasteiger partial charge in [-0.3, -0.25) is 4.79 Å². The predicted molar refractivity (Wildman–Crippen MR) is 74.7 cm³/mol. The van der Waals surface area contributed by atoms with Gasteiger partial charge in [0.25, 0.3) is 0 Å². The Balaban J connectivity index is 2.32. The monoisotopic (exact) mass is 336 g/mol. The third-order valence-corrected chi connectivity index (χ3v) is 5.68. The number of esters is 1. The van der Waals surface area contributed by atoms with Gasteiger partial charge < -0.3 is 10.5 Å². The average molecular weight is 337 g/mol. The molecule has 0 spiro atoms. The van der Waals surface area contributed by atoms with Crippen molar-refractivity contribution in [3.63, 3.8) is 0 Å². The summed E-state index contributed by atoms with van der Waals surface area (Å²) in [7, 11) is -2.69. The highest BCUT2D eigenvalue weighted by Crippen LogP contribution is 2.31. The highest BCUT2D eigenvalue weighted by Gasteiger charge is 2.37. The fourth-order valence-corrected chi connectivity index (χ4v) is 4.21. The summed E-state index contributed by atoms with van der Waals surface area (Å²) in [6, 6.07) is 1.84. The van der Waals surface area contributed by atoms with E-state index < -0.39 is 27.7 Å². The smallest absolute Gasteiger partial charge is 0.310 e. The van der Waals surface area contributed by atoms with Gasteiger partial charge in [0.15, 0.2) is 0 Å². The lowest BCUT2D eigenvalue weighted by Crippen LogP contribution is -2.30. The molecular formula is C12H14ClFN2O4S. The lowest BCUT2D eigenvalue weighted by Gasteiger charge is -2.17. The van der Waals surface area contributed by atoms with E-state index in [1.807, 2.05) is 0 Å². The molecule has 2 N–H and O–H groups in total. The maximum Gasteiger partial charge on any atom is 0.310 e. The Morgan fingerprint density at radius 1 is 1.52 bits per heavy atom. The molecule has 9 heteroatoms. The quantitative estimate of drug-likeness (QED) is 0.662. The first-order chi connectivity index (χ1) is 9.77. The number of hydrogen-bond acceptors (Lipinski definition) is 5. The maximum absolute atomic E-state index is 13.3. The molecule has 1 atom stereocenters. The van der Waals surface area contributed by atoms with Gasteiger partial charge in [0, 0.05) is 13.1 Å². The normalized spacial score (nSPS) is 19.7. The molecule has 116 valence electrons. The Morgan fingerprint density at radius 3 is 2.81 bits per heavy atom. The Bertz CT molecular complexity index is 680. The first-order valence-corrected chi connectivity index (χ1v) is 7.91. The van der Waals surface area contributed by atoms with Crippen LogP contribution in [0.1, 0.15) is 6.42 Å². The van der Waals surface area contributed by atoms with E-state index in [0.29, 0.717) is 6.42 Å². The Labute approximate surface area is 126 Å². The number of carbonyl (C=O) groups is 1. The van der Waals surface area contributed by atoms with Crippen LogP contribution in [0, 0.1) is 11.7 Å². The van der Waals surface area contributed by atoms with Gasteiger partial charge in [-0.1, -0.05) is 11.6 Å². The zero-order valence-corrected chi connectivity index (χ0v) is 12.7. The number of nitrogen functional groups attached to an aromatic ring is 1. The number of hydrogen-bond donors (Lipinski definition) is 1. The molecule has 1 fully saturated rings. The molecule has 0 aromatic heterocycles. The zero-order chi connectivity index (χ0) is 15.8. The topological polar surface area (TPSA) is 89.7 Å². The maximum atomic E-state index is 13.3. The molecule has 0 saturated carbocycles. The largest absolute Gasteiger partial charge is 0.469 e. The Kier molecular flexibility index (Phi) is 4.40. The molecule has 21 heavy (non-hydrogen) atoms. The number of carbonyl (C=O) groups excluding carboxylic acids is 1. The number of ether oxygens (including phenoxy) is 1. The van der Waals surface area contributed by atoms with Crippen LogP contribution in [0.5, 0.6) is 0 Å². The summed E-state index contributed by atoms with van der Waals surface area (Å²) in [5.74, 6) is -1.76. The molecule has 0 radical (unpaired) electrons. The lowest BCUT2D eigenvalue weighted by atomic mass is 10.1. The fourth-order valence-electron chi connectivity index (χ4n) is 2.19. The van der Waals surface area contributed by atoms with Crippen molar-refractivity contribution in [2.75, 3.05) is 25.9 Å². The van der Waals surface area contributed by atoms with Gasteiger partial charge in [-0.05, 0) is 18.6 Å². The van der Waals surface area contributed by atoms with Crippen molar-refractivity contribution < 1.29 is 22.3 Å². The van der Waals surface area contributed by atoms with Crippen LogP contribution in [0.3, 0.4) is 0 Å². The van der Waals surface area contributed by atoms with Crippen molar-refractivity contribution in [2.24, 2.45) is 5.92 Å². The Hall–Kier alpha value is -1.38. The molecule has 2 rings (SSSR count). The molecule has 1 aliphatic rings. The first kappa shape index (κ1) is 16.0. The molecule has 0 bridgehead atoms. The molecule has 1 aromatic rings. The number of halogens is 2. The lowest BCUT2D eigenvalue weighted by molar-refractivity contribution is -0.144. The van der Waals surface area contributed by atoms with Crippen LogP contribution in [0.25, 0.3) is 0 Å². The van der Waals surface area contributed by atoms with E-state index in [-0.39, 0.29) is 28.7 Å². The van der Waals surface area contributed by atoms with Crippen LogP contribution >= 0.6 is 11.6 Å². The second-order valence-electron chi connectivity index (χ2n) is 4.68. The summed E-state index contributed by atoms with van der Waals surface area (Å²) >= 11 is 5.80. The van der Waals surface area contributed by atoms with Gasteiger partial charge in [-0.15, -0.1) is 0 Å². The number of rotatable bonds is 3. The second-order valence-corrected chi connectivity index (χ2v) is 6.99. The summed E-state index contributed by atoms with van der Waals surface area (Å²) in [4.78, 5) is 11.2. The van der Waals surface area contributed by atoms with E-state index in [1.54, 1.807) is 0 Å². The van der Waals surface area contributed by atoms with Crippen molar-refractivity contribution in [2.45, 2.75) is 11.3 Å². The number of nitrogens with zero attached hydrogens (tertiary/aromatic N) is 1. The van der Waals surface area contributed by atoms with Crippen molar-refractivity contribution in [1.82, 2.24) is 4.31 Å². The molecule has 0 aliphatic carbocycles. The van der Waals surface area contributed by atoms with Crippen LogP contribution in [0.2, 0.25) is 5.02 Å². The molecule has 0 amide bonds. The van der Waals surface area contributed by atoms with Crippen LogP contribution in [0.15, 0.2) is 17.0 Å². The third-order valence-electron chi connectivity index (χ3n) is 3.35. The van der Waals surface area contributed by atoms with Gasteiger partial charge in [-0.2, -0.15) is 4.31 Å². The number of methoxy groups -OCH3 is 1. The SMILES string of the molecule is COC(=O)C1CCN(S(=O)(=O)c2cc(N)c(F)cc2Cl)C1. The molecule has 1 aromatic carbocycles. The van der Waals surface area contributed by atoms with E-state index >= 15 is 0 Å². The summed E-state index contributed by atoms with van der Waals surface area (Å²) in [5, 5.41) is -0.247. The zero-order valence-electron chi connectivity index (χ0n) is 11.2. The minimum atomic E-state index is -3.94. The molecule has 1 unspecified atom stereocenters. The third kappa shape index (κ3) is 2.97. The number of sulfonamides is 1. The molecule has 1 saturated heterocycles. The highest BCUT2D eigenvalue weighted by atomic mass is 35.5. The summed E-state index contributed by atoms with van der Waals surface area (Å²) < 4.78 is 44.0. The molecule has 1 heterocycles. The van der Waals surface area contributed by atoms with Gasteiger partial charge in [0.2, 0.25) is 10.0 Å². The fraction of sp³-hybridized carbons (Fsp3) is 0.417. The summed E-state index contributed by atoms with van der Waals surface area (Å²) in [5.41, 5.74) is 5.09. The van der Waals surface area contributed by atoms with Crippen LogP contribution in [0.4, 0.5) is 10.1 Å². The minimum absolute atomic E-state index is 0.00260. The second kappa shape index (κ2) is 5.78. The standard InChI is InChI=1S/C12H14ClFN2O4S/c1-20-12(17)7-2-3-16(6-7)21(18,19)11-5-10(15)9(14)4-8(11)13/h4-5,7H,2-3,6,15H2,1H3. The van der Waals surface area contributed by atoms with Crippen LogP contribution in [-0.4, -0.2) is 38.9 Å². The Morgan fingerprint density at radius 2 is 2.19 bits per heavy atom.